The zero-order valence-corrected chi connectivity index (χ0v) is 21.0. The molecule has 38 heavy (non-hydrogen) atoms. The number of aliphatic carboxylic acids is 1. The van der Waals surface area contributed by atoms with Gasteiger partial charge in [0.2, 0.25) is 0 Å². The average molecular weight is 528 g/mol. The number of anilines is 1. The smallest absolute Gasteiger partial charge is 0.412 e. The Hall–Kier alpha value is -4.43. The SMILES string of the molecule is CC(OC(=O)Nc1cnoc1-c1ccc2c(c1)ncc1cc(C3(C(=O)O)CC3)ccc12)c1ccccc1Cl. The van der Waals surface area contributed by atoms with Crippen molar-refractivity contribution in [1.82, 2.24) is 10.1 Å². The van der Waals surface area contributed by atoms with Gasteiger partial charge in [0.05, 0.1) is 17.1 Å². The molecule has 1 fully saturated rings. The molecule has 1 amide bonds. The summed E-state index contributed by atoms with van der Waals surface area (Å²) in [5, 5.41) is 19.5. The minimum Gasteiger partial charge on any atom is -0.481 e. The Labute approximate surface area is 222 Å². The maximum absolute atomic E-state index is 12.6. The molecule has 2 heterocycles. The van der Waals surface area contributed by atoms with Gasteiger partial charge in [0.1, 0.15) is 11.8 Å². The van der Waals surface area contributed by atoms with E-state index in [0.29, 0.717) is 40.4 Å². The highest BCUT2D eigenvalue weighted by Crippen LogP contribution is 2.49. The van der Waals surface area contributed by atoms with Crippen LogP contribution >= 0.6 is 11.6 Å². The summed E-state index contributed by atoms with van der Waals surface area (Å²) >= 11 is 6.21. The first-order chi connectivity index (χ1) is 18.4. The number of amides is 1. The van der Waals surface area contributed by atoms with E-state index in [1.54, 1.807) is 25.3 Å². The number of halogens is 1. The summed E-state index contributed by atoms with van der Waals surface area (Å²) in [5.41, 5.74) is 2.49. The Balaban J connectivity index is 1.25. The zero-order chi connectivity index (χ0) is 26.4. The van der Waals surface area contributed by atoms with Gasteiger partial charge in [-0.3, -0.25) is 15.1 Å². The fraction of sp³-hybridized carbons (Fsp3) is 0.172. The minimum absolute atomic E-state index is 0.356. The molecule has 2 aromatic heterocycles. The van der Waals surface area contributed by atoms with Gasteiger partial charge in [0.15, 0.2) is 5.76 Å². The Kier molecular flexibility index (Phi) is 5.76. The molecule has 0 bridgehead atoms. The Morgan fingerprint density at radius 2 is 1.87 bits per heavy atom. The molecule has 1 unspecified atom stereocenters. The number of carbonyl (C=O) groups is 2. The van der Waals surface area contributed by atoms with Crippen LogP contribution in [-0.2, 0) is 14.9 Å². The van der Waals surface area contributed by atoms with Gasteiger partial charge < -0.3 is 14.4 Å². The number of carbonyl (C=O) groups excluding carboxylic acids is 1. The third-order valence-corrected chi connectivity index (χ3v) is 7.43. The van der Waals surface area contributed by atoms with Crippen LogP contribution in [0.2, 0.25) is 5.02 Å². The number of fused-ring (bicyclic) bond motifs is 3. The molecule has 1 aliphatic carbocycles. The van der Waals surface area contributed by atoms with Crippen LogP contribution in [0.25, 0.3) is 33.0 Å². The van der Waals surface area contributed by atoms with E-state index in [2.05, 4.69) is 15.5 Å². The highest BCUT2D eigenvalue weighted by atomic mass is 35.5. The lowest BCUT2D eigenvalue weighted by molar-refractivity contribution is -0.140. The third-order valence-electron chi connectivity index (χ3n) is 7.09. The molecule has 9 heteroatoms. The number of hydrogen-bond acceptors (Lipinski definition) is 6. The molecular weight excluding hydrogens is 506 g/mol. The van der Waals surface area contributed by atoms with Crippen molar-refractivity contribution in [2.24, 2.45) is 0 Å². The molecule has 6 rings (SSSR count). The normalized spacial score (nSPS) is 14.8. The van der Waals surface area contributed by atoms with Crippen LogP contribution in [0.3, 0.4) is 0 Å². The average Bonchev–Trinajstić information content (AvgIpc) is 3.61. The van der Waals surface area contributed by atoms with Crippen LogP contribution in [0.5, 0.6) is 0 Å². The highest BCUT2D eigenvalue weighted by molar-refractivity contribution is 6.31. The molecule has 0 spiro atoms. The van der Waals surface area contributed by atoms with Crippen LogP contribution in [-0.4, -0.2) is 27.3 Å². The number of carboxylic acid groups (broad SMARTS) is 1. The number of nitrogens with zero attached hydrogens (tertiary/aromatic N) is 2. The molecule has 0 saturated heterocycles. The standard InChI is InChI=1S/C29H22ClN3O5/c1-16(20-4-2-3-5-23(20)30)37-28(36)33-25-15-32-38-26(25)17-6-8-22-21-9-7-19(29(10-11-29)27(34)35)12-18(21)14-31-24(22)13-17/h2-9,12-16H,10-11H2,1H3,(H,33,36)(H,34,35). The van der Waals surface area contributed by atoms with Gasteiger partial charge in [-0.05, 0) is 48.9 Å². The minimum atomic E-state index is -0.783. The molecular formula is C29H22ClN3O5. The van der Waals surface area contributed by atoms with E-state index in [9.17, 15) is 14.7 Å². The number of rotatable bonds is 6. The van der Waals surface area contributed by atoms with E-state index in [-0.39, 0.29) is 0 Å². The first-order valence-electron chi connectivity index (χ1n) is 12.1. The molecule has 190 valence electrons. The summed E-state index contributed by atoms with van der Waals surface area (Å²) in [5.74, 6) is -0.419. The number of hydrogen-bond donors (Lipinski definition) is 2. The van der Waals surface area contributed by atoms with Crippen molar-refractivity contribution in [1.29, 1.82) is 0 Å². The summed E-state index contributed by atoms with van der Waals surface area (Å²) in [7, 11) is 0. The summed E-state index contributed by atoms with van der Waals surface area (Å²) in [6, 6.07) is 18.6. The molecule has 0 aliphatic heterocycles. The first kappa shape index (κ1) is 23.9. The van der Waals surface area contributed by atoms with Crippen molar-refractivity contribution >= 4 is 51.0 Å². The lowest BCUT2D eigenvalue weighted by Gasteiger charge is -2.15. The van der Waals surface area contributed by atoms with Crippen LogP contribution in [0, 0.1) is 0 Å². The van der Waals surface area contributed by atoms with Crippen molar-refractivity contribution in [3.05, 3.63) is 89.2 Å². The predicted molar refractivity (Wildman–Crippen MR) is 143 cm³/mol. The fourth-order valence-corrected chi connectivity index (χ4v) is 5.10. The monoisotopic (exact) mass is 527 g/mol. The van der Waals surface area contributed by atoms with Crippen molar-refractivity contribution < 1.29 is 24.0 Å². The topological polar surface area (TPSA) is 115 Å². The van der Waals surface area contributed by atoms with E-state index >= 15 is 0 Å². The third kappa shape index (κ3) is 4.13. The Morgan fingerprint density at radius 1 is 1.08 bits per heavy atom. The van der Waals surface area contributed by atoms with Crippen LogP contribution < -0.4 is 5.32 Å². The fourth-order valence-electron chi connectivity index (χ4n) is 4.82. The van der Waals surface area contributed by atoms with Crippen molar-refractivity contribution in [3.8, 4) is 11.3 Å². The van der Waals surface area contributed by atoms with Crippen LogP contribution in [0.15, 0.2) is 77.6 Å². The second-order valence-corrected chi connectivity index (χ2v) is 9.85. The maximum atomic E-state index is 12.6. The highest BCUT2D eigenvalue weighted by Gasteiger charge is 2.51. The molecule has 5 aromatic rings. The van der Waals surface area contributed by atoms with Gasteiger partial charge in [-0.15, -0.1) is 0 Å². The Morgan fingerprint density at radius 3 is 2.63 bits per heavy atom. The first-order valence-corrected chi connectivity index (χ1v) is 12.5. The predicted octanol–water partition coefficient (Wildman–Crippen LogP) is 7.12. The summed E-state index contributed by atoms with van der Waals surface area (Å²) < 4.78 is 11.0. The maximum Gasteiger partial charge on any atom is 0.412 e. The second kappa shape index (κ2) is 9.15. The summed E-state index contributed by atoms with van der Waals surface area (Å²) in [6.45, 7) is 1.74. The second-order valence-electron chi connectivity index (χ2n) is 9.44. The van der Waals surface area contributed by atoms with E-state index in [1.165, 1.54) is 6.20 Å². The van der Waals surface area contributed by atoms with Crippen molar-refractivity contribution in [2.75, 3.05) is 5.32 Å². The number of benzene rings is 3. The Bertz CT molecular complexity index is 1730. The molecule has 1 aliphatic rings. The summed E-state index contributed by atoms with van der Waals surface area (Å²) in [4.78, 5) is 28.9. The number of nitrogens with one attached hydrogen (secondary N) is 1. The molecule has 1 saturated carbocycles. The molecule has 8 nitrogen and oxygen atoms in total. The van der Waals surface area contributed by atoms with Gasteiger partial charge in [-0.1, -0.05) is 59.2 Å². The van der Waals surface area contributed by atoms with E-state index < -0.39 is 23.6 Å². The molecule has 2 N–H and O–H groups in total. The van der Waals surface area contributed by atoms with E-state index in [4.69, 9.17) is 20.9 Å². The summed E-state index contributed by atoms with van der Waals surface area (Å²) in [6.07, 6.45) is 3.23. The van der Waals surface area contributed by atoms with Crippen LogP contribution in [0.1, 0.15) is 37.0 Å². The molecule has 1 atom stereocenters. The largest absolute Gasteiger partial charge is 0.481 e. The number of aromatic nitrogens is 2. The zero-order valence-electron chi connectivity index (χ0n) is 20.3. The van der Waals surface area contributed by atoms with Gasteiger partial charge in [0, 0.05) is 33.1 Å². The molecule has 3 aromatic carbocycles. The van der Waals surface area contributed by atoms with Gasteiger partial charge in [-0.25, -0.2) is 4.79 Å². The number of carboxylic acids is 1. The lowest BCUT2D eigenvalue weighted by atomic mass is 9.93. The van der Waals surface area contributed by atoms with E-state index in [0.717, 1.165) is 27.2 Å². The number of pyridine rings is 1. The van der Waals surface area contributed by atoms with Crippen molar-refractivity contribution in [3.63, 3.8) is 0 Å². The van der Waals surface area contributed by atoms with Gasteiger partial charge in [0.25, 0.3) is 0 Å². The lowest BCUT2D eigenvalue weighted by Crippen LogP contribution is -2.19. The van der Waals surface area contributed by atoms with Gasteiger partial charge >= 0.3 is 12.1 Å². The van der Waals surface area contributed by atoms with Crippen LogP contribution in [0.4, 0.5) is 10.5 Å². The quantitative estimate of drug-likeness (QED) is 0.226. The molecule has 0 radical (unpaired) electrons. The van der Waals surface area contributed by atoms with Gasteiger partial charge in [-0.2, -0.15) is 0 Å². The van der Waals surface area contributed by atoms with Crippen molar-refractivity contribution in [2.45, 2.75) is 31.3 Å². The van der Waals surface area contributed by atoms with E-state index in [1.807, 2.05) is 48.5 Å². The number of ether oxygens (including phenoxy) is 1.